The Morgan fingerprint density at radius 3 is 2.50 bits per heavy atom. The van der Waals surface area contributed by atoms with Crippen LogP contribution in [0.1, 0.15) is 33.8 Å². The van der Waals surface area contributed by atoms with Crippen molar-refractivity contribution in [2.45, 2.75) is 12.3 Å². The molecule has 0 spiro atoms. The summed E-state index contributed by atoms with van der Waals surface area (Å²) in [6.45, 7) is 0. The molecule has 0 saturated carbocycles. The third-order valence-electron chi connectivity index (χ3n) is 4.73. The van der Waals surface area contributed by atoms with Gasteiger partial charge in [-0.1, -0.05) is 76.6 Å². The van der Waals surface area contributed by atoms with Gasteiger partial charge in [0.15, 0.2) is 5.78 Å². The predicted molar refractivity (Wildman–Crippen MR) is 110 cm³/mol. The average molecular weight is 404 g/mol. The van der Waals surface area contributed by atoms with E-state index in [1.54, 1.807) is 0 Å². The SMILES string of the molecule is O=C(C[C@@H](c1cccc(Br)c1)c1c[nH]c2ccccc12)c1ccccc1. The van der Waals surface area contributed by atoms with Crippen LogP contribution in [0.15, 0.2) is 89.5 Å². The van der Waals surface area contributed by atoms with Gasteiger partial charge in [-0.05, 0) is 29.3 Å². The van der Waals surface area contributed by atoms with Gasteiger partial charge in [0.25, 0.3) is 0 Å². The van der Waals surface area contributed by atoms with E-state index in [0.29, 0.717) is 6.42 Å². The first-order valence-corrected chi connectivity index (χ1v) is 9.41. The Morgan fingerprint density at radius 1 is 0.923 bits per heavy atom. The quantitative estimate of drug-likeness (QED) is 0.387. The molecule has 0 unspecified atom stereocenters. The van der Waals surface area contributed by atoms with Crippen LogP contribution in [0.4, 0.5) is 0 Å². The van der Waals surface area contributed by atoms with Gasteiger partial charge in [-0.15, -0.1) is 0 Å². The lowest BCUT2D eigenvalue weighted by molar-refractivity contribution is 0.0978. The zero-order chi connectivity index (χ0) is 17.9. The normalized spacial score (nSPS) is 12.2. The van der Waals surface area contributed by atoms with Crippen LogP contribution in [0.3, 0.4) is 0 Å². The summed E-state index contributed by atoms with van der Waals surface area (Å²) in [5.74, 6) is 0.150. The van der Waals surface area contributed by atoms with Crippen LogP contribution in [0, 0.1) is 0 Å². The Kier molecular flexibility index (Phi) is 4.72. The number of rotatable bonds is 5. The number of nitrogens with one attached hydrogen (secondary N) is 1. The van der Waals surface area contributed by atoms with Crippen molar-refractivity contribution >= 4 is 32.6 Å². The molecule has 0 aliphatic rings. The number of carbonyl (C=O) groups excluding carboxylic acids is 1. The highest BCUT2D eigenvalue weighted by Crippen LogP contribution is 2.35. The molecule has 0 aliphatic heterocycles. The number of para-hydroxylation sites is 1. The van der Waals surface area contributed by atoms with E-state index < -0.39 is 0 Å². The summed E-state index contributed by atoms with van der Waals surface area (Å²) in [5, 5.41) is 1.17. The number of hydrogen-bond acceptors (Lipinski definition) is 1. The lowest BCUT2D eigenvalue weighted by Crippen LogP contribution is -2.09. The molecule has 26 heavy (non-hydrogen) atoms. The fraction of sp³-hybridized carbons (Fsp3) is 0.0870. The van der Waals surface area contributed by atoms with Crippen molar-refractivity contribution in [2.75, 3.05) is 0 Å². The van der Waals surface area contributed by atoms with Crippen molar-refractivity contribution in [3.63, 3.8) is 0 Å². The number of ketones is 1. The first-order chi connectivity index (χ1) is 12.7. The van der Waals surface area contributed by atoms with Crippen LogP contribution >= 0.6 is 15.9 Å². The molecule has 1 atom stereocenters. The summed E-state index contributed by atoms with van der Waals surface area (Å²) in [7, 11) is 0. The van der Waals surface area contributed by atoms with E-state index in [1.807, 2.05) is 60.8 Å². The van der Waals surface area contributed by atoms with Crippen LogP contribution in [0.25, 0.3) is 10.9 Å². The predicted octanol–water partition coefficient (Wildman–Crippen LogP) is 6.34. The molecule has 0 saturated heterocycles. The van der Waals surface area contributed by atoms with Crippen molar-refractivity contribution in [1.29, 1.82) is 0 Å². The number of H-pyrrole nitrogens is 1. The molecule has 1 N–H and O–H groups in total. The Hall–Kier alpha value is -2.65. The lowest BCUT2D eigenvalue weighted by atomic mass is 9.85. The molecule has 1 heterocycles. The fourth-order valence-corrected chi connectivity index (χ4v) is 3.86. The summed E-state index contributed by atoms with van der Waals surface area (Å²) in [4.78, 5) is 16.3. The monoisotopic (exact) mass is 403 g/mol. The molecule has 128 valence electrons. The molecule has 0 aliphatic carbocycles. The average Bonchev–Trinajstić information content (AvgIpc) is 3.10. The van der Waals surface area contributed by atoms with Crippen LogP contribution in [0.2, 0.25) is 0 Å². The molecule has 0 bridgehead atoms. The van der Waals surface area contributed by atoms with Crippen molar-refractivity contribution in [3.05, 3.63) is 106 Å². The largest absolute Gasteiger partial charge is 0.361 e. The fourth-order valence-electron chi connectivity index (χ4n) is 3.44. The van der Waals surface area contributed by atoms with Gasteiger partial charge in [-0.25, -0.2) is 0 Å². The second-order valence-corrected chi connectivity index (χ2v) is 7.31. The third-order valence-corrected chi connectivity index (χ3v) is 5.23. The first-order valence-electron chi connectivity index (χ1n) is 8.62. The lowest BCUT2D eigenvalue weighted by Gasteiger charge is -2.17. The number of aromatic amines is 1. The number of Topliss-reactive ketones (excluding diaryl/α,β-unsaturated/α-hetero) is 1. The maximum absolute atomic E-state index is 12.9. The van der Waals surface area contributed by atoms with Crippen LogP contribution in [0.5, 0.6) is 0 Å². The van der Waals surface area contributed by atoms with Gasteiger partial charge in [-0.3, -0.25) is 4.79 Å². The number of halogens is 1. The van der Waals surface area contributed by atoms with E-state index in [1.165, 1.54) is 5.39 Å². The number of aromatic nitrogens is 1. The number of fused-ring (bicyclic) bond motifs is 1. The molecule has 0 radical (unpaired) electrons. The number of hydrogen-bond donors (Lipinski definition) is 1. The molecule has 0 fully saturated rings. The van der Waals surface area contributed by atoms with Gasteiger partial charge in [0, 0.05) is 39.5 Å². The Bertz CT molecular complexity index is 1050. The minimum Gasteiger partial charge on any atom is -0.361 e. The molecule has 1 aromatic heterocycles. The maximum Gasteiger partial charge on any atom is 0.163 e. The minimum atomic E-state index is -0.00337. The Balaban J connectivity index is 1.78. The smallest absolute Gasteiger partial charge is 0.163 e. The van der Waals surface area contributed by atoms with E-state index in [0.717, 1.165) is 26.7 Å². The minimum absolute atomic E-state index is 0.00337. The van der Waals surface area contributed by atoms with Gasteiger partial charge >= 0.3 is 0 Å². The molecule has 3 aromatic carbocycles. The van der Waals surface area contributed by atoms with Gasteiger partial charge in [0.1, 0.15) is 0 Å². The second-order valence-electron chi connectivity index (χ2n) is 6.39. The molecule has 4 rings (SSSR count). The molecule has 3 heteroatoms. The highest BCUT2D eigenvalue weighted by atomic mass is 79.9. The second kappa shape index (κ2) is 7.30. The Morgan fingerprint density at radius 2 is 1.69 bits per heavy atom. The molecule has 2 nitrogen and oxygen atoms in total. The van der Waals surface area contributed by atoms with Gasteiger partial charge < -0.3 is 4.98 Å². The van der Waals surface area contributed by atoms with Crippen molar-refractivity contribution < 1.29 is 4.79 Å². The molecular formula is C23H18BrNO. The van der Waals surface area contributed by atoms with Crippen molar-refractivity contribution in [3.8, 4) is 0 Å². The zero-order valence-electron chi connectivity index (χ0n) is 14.2. The maximum atomic E-state index is 12.9. The molecular weight excluding hydrogens is 386 g/mol. The topological polar surface area (TPSA) is 32.9 Å². The standard InChI is InChI=1S/C23H18BrNO/c24-18-10-6-9-17(13-18)20(14-23(26)16-7-2-1-3-8-16)21-15-25-22-12-5-4-11-19(21)22/h1-13,15,20,25H,14H2/t20-/m0/s1. The first kappa shape index (κ1) is 16.8. The van der Waals surface area contributed by atoms with Gasteiger partial charge in [-0.2, -0.15) is 0 Å². The Labute approximate surface area is 161 Å². The highest BCUT2D eigenvalue weighted by Gasteiger charge is 2.22. The molecule has 4 aromatic rings. The van der Waals surface area contributed by atoms with E-state index in [4.69, 9.17) is 0 Å². The summed E-state index contributed by atoms with van der Waals surface area (Å²) in [6.07, 6.45) is 2.47. The number of carbonyl (C=O) groups is 1. The van der Waals surface area contributed by atoms with Crippen molar-refractivity contribution in [1.82, 2.24) is 4.98 Å². The van der Waals surface area contributed by atoms with Gasteiger partial charge in [0.05, 0.1) is 0 Å². The van der Waals surface area contributed by atoms with Crippen LogP contribution in [-0.2, 0) is 0 Å². The van der Waals surface area contributed by atoms with Crippen LogP contribution < -0.4 is 0 Å². The van der Waals surface area contributed by atoms with E-state index in [9.17, 15) is 4.79 Å². The highest BCUT2D eigenvalue weighted by molar-refractivity contribution is 9.10. The summed E-state index contributed by atoms with van der Waals surface area (Å²) in [6, 6.07) is 26.0. The summed E-state index contributed by atoms with van der Waals surface area (Å²) in [5.41, 5.74) is 4.14. The molecule has 0 amide bonds. The van der Waals surface area contributed by atoms with Crippen molar-refractivity contribution in [2.24, 2.45) is 0 Å². The summed E-state index contributed by atoms with van der Waals surface area (Å²) < 4.78 is 1.02. The van der Waals surface area contributed by atoms with E-state index >= 15 is 0 Å². The van der Waals surface area contributed by atoms with E-state index in [-0.39, 0.29) is 11.7 Å². The summed E-state index contributed by atoms with van der Waals surface area (Å²) >= 11 is 3.56. The van der Waals surface area contributed by atoms with Crippen LogP contribution in [-0.4, -0.2) is 10.8 Å². The van der Waals surface area contributed by atoms with Gasteiger partial charge in [0.2, 0.25) is 0 Å². The third kappa shape index (κ3) is 3.35. The van der Waals surface area contributed by atoms with E-state index in [2.05, 4.69) is 45.2 Å². The zero-order valence-corrected chi connectivity index (χ0v) is 15.7. The number of benzene rings is 3.